The van der Waals surface area contributed by atoms with Gasteiger partial charge in [0.15, 0.2) is 0 Å². The second-order valence-electron chi connectivity index (χ2n) is 5.77. The summed E-state index contributed by atoms with van der Waals surface area (Å²) in [6.07, 6.45) is 1.94. The molecule has 2 aromatic carbocycles. The first kappa shape index (κ1) is 17.4. The van der Waals surface area contributed by atoms with E-state index in [0.717, 1.165) is 23.7 Å². The summed E-state index contributed by atoms with van der Waals surface area (Å²) in [7, 11) is 0. The standard InChI is InChI=1S/C19H21N3O2S/c1-25-17-10-6-5-9-16(17)20-18(23)19(24)22-13-11-21(12-14-22)15-7-3-2-4-8-15/h2-10H,11-14H2,1H3,(H,20,23). The molecule has 3 rings (SSSR count). The van der Waals surface area contributed by atoms with Crippen molar-refractivity contribution in [3.63, 3.8) is 0 Å². The predicted molar refractivity (Wildman–Crippen MR) is 102 cm³/mol. The molecule has 1 aliphatic heterocycles. The molecule has 0 radical (unpaired) electrons. The lowest BCUT2D eigenvalue weighted by Gasteiger charge is -2.35. The summed E-state index contributed by atoms with van der Waals surface area (Å²) in [6.45, 7) is 2.55. The van der Waals surface area contributed by atoms with Gasteiger partial charge in [-0.25, -0.2) is 0 Å². The highest BCUT2D eigenvalue weighted by atomic mass is 32.2. The van der Waals surface area contributed by atoms with Gasteiger partial charge in [-0.3, -0.25) is 9.59 Å². The second-order valence-corrected chi connectivity index (χ2v) is 6.62. The van der Waals surface area contributed by atoms with Gasteiger partial charge in [0.2, 0.25) is 0 Å². The minimum atomic E-state index is -0.574. The predicted octanol–water partition coefficient (Wildman–Crippen LogP) is 2.70. The van der Waals surface area contributed by atoms with Gasteiger partial charge in [-0.2, -0.15) is 0 Å². The summed E-state index contributed by atoms with van der Waals surface area (Å²) in [5.74, 6) is -1.04. The third-order valence-electron chi connectivity index (χ3n) is 4.24. The number of hydrogen-bond acceptors (Lipinski definition) is 4. The summed E-state index contributed by atoms with van der Waals surface area (Å²) in [5, 5.41) is 2.74. The van der Waals surface area contributed by atoms with Crippen molar-refractivity contribution < 1.29 is 9.59 Å². The monoisotopic (exact) mass is 355 g/mol. The van der Waals surface area contributed by atoms with Crippen molar-refractivity contribution in [2.24, 2.45) is 0 Å². The van der Waals surface area contributed by atoms with Crippen LogP contribution in [0.4, 0.5) is 11.4 Å². The summed E-state index contributed by atoms with van der Waals surface area (Å²) >= 11 is 1.54. The highest BCUT2D eigenvalue weighted by Gasteiger charge is 2.26. The van der Waals surface area contributed by atoms with Gasteiger partial charge in [-0.05, 0) is 30.5 Å². The van der Waals surface area contributed by atoms with Crippen LogP contribution < -0.4 is 10.2 Å². The van der Waals surface area contributed by atoms with Crippen LogP contribution in [0.15, 0.2) is 59.5 Å². The molecular formula is C19H21N3O2S. The number of carbonyl (C=O) groups excluding carboxylic acids is 2. The smallest absolute Gasteiger partial charge is 0.313 e. The molecule has 1 N–H and O–H groups in total. The molecule has 0 atom stereocenters. The molecule has 0 unspecified atom stereocenters. The first-order valence-corrected chi connectivity index (χ1v) is 9.45. The first-order valence-electron chi connectivity index (χ1n) is 8.22. The van der Waals surface area contributed by atoms with E-state index in [-0.39, 0.29) is 0 Å². The summed E-state index contributed by atoms with van der Waals surface area (Å²) in [4.78, 5) is 29.5. The van der Waals surface area contributed by atoms with Crippen LogP contribution in [0, 0.1) is 0 Å². The molecule has 2 aromatic rings. The molecular weight excluding hydrogens is 334 g/mol. The first-order chi connectivity index (χ1) is 12.2. The Morgan fingerprint density at radius 3 is 2.24 bits per heavy atom. The lowest BCUT2D eigenvalue weighted by molar-refractivity contribution is -0.143. The molecule has 0 saturated carbocycles. The quantitative estimate of drug-likeness (QED) is 0.679. The van der Waals surface area contributed by atoms with E-state index >= 15 is 0 Å². The fourth-order valence-corrected chi connectivity index (χ4v) is 3.43. The van der Waals surface area contributed by atoms with Crippen molar-refractivity contribution in [3.05, 3.63) is 54.6 Å². The minimum absolute atomic E-state index is 0.469. The summed E-state index contributed by atoms with van der Waals surface area (Å²) < 4.78 is 0. The molecule has 0 spiro atoms. The van der Waals surface area contributed by atoms with Crippen molar-refractivity contribution >= 4 is 35.0 Å². The molecule has 5 nitrogen and oxygen atoms in total. The van der Waals surface area contributed by atoms with Gasteiger partial charge in [0.05, 0.1) is 5.69 Å². The van der Waals surface area contributed by atoms with Gasteiger partial charge < -0.3 is 15.1 Å². The number of para-hydroxylation sites is 2. The molecule has 1 aliphatic rings. The van der Waals surface area contributed by atoms with Crippen molar-refractivity contribution in [1.82, 2.24) is 4.90 Å². The van der Waals surface area contributed by atoms with Crippen LogP contribution in [-0.2, 0) is 9.59 Å². The van der Waals surface area contributed by atoms with Crippen LogP contribution in [0.1, 0.15) is 0 Å². The number of thioether (sulfide) groups is 1. The molecule has 0 aromatic heterocycles. The van der Waals surface area contributed by atoms with E-state index in [1.54, 1.807) is 4.90 Å². The fourth-order valence-electron chi connectivity index (χ4n) is 2.87. The molecule has 2 amide bonds. The molecule has 0 aliphatic carbocycles. The van der Waals surface area contributed by atoms with Crippen LogP contribution in [0.2, 0.25) is 0 Å². The maximum atomic E-state index is 12.4. The molecule has 130 valence electrons. The van der Waals surface area contributed by atoms with E-state index < -0.39 is 11.8 Å². The number of nitrogens with zero attached hydrogens (tertiary/aromatic N) is 2. The van der Waals surface area contributed by atoms with E-state index in [9.17, 15) is 9.59 Å². The molecule has 0 bridgehead atoms. The maximum absolute atomic E-state index is 12.4. The van der Waals surface area contributed by atoms with E-state index in [4.69, 9.17) is 0 Å². The van der Waals surface area contributed by atoms with Crippen LogP contribution in [0.5, 0.6) is 0 Å². The number of rotatable bonds is 3. The number of amides is 2. The van der Waals surface area contributed by atoms with Gasteiger partial charge in [0.1, 0.15) is 0 Å². The third kappa shape index (κ3) is 4.14. The molecule has 6 heteroatoms. The highest BCUT2D eigenvalue weighted by Crippen LogP contribution is 2.24. The highest BCUT2D eigenvalue weighted by molar-refractivity contribution is 7.98. The maximum Gasteiger partial charge on any atom is 0.313 e. The van der Waals surface area contributed by atoms with Gasteiger partial charge in [0.25, 0.3) is 0 Å². The zero-order valence-corrected chi connectivity index (χ0v) is 15.0. The van der Waals surface area contributed by atoms with Gasteiger partial charge in [0, 0.05) is 36.8 Å². The lowest BCUT2D eigenvalue weighted by atomic mass is 10.2. The number of hydrogen-bond donors (Lipinski definition) is 1. The minimum Gasteiger partial charge on any atom is -0.368 e. The molecule has 25 heavy (non-hydrogen) atoms. The van der Waals surface area contributed by atoms with E-state index in [1.165, 1.54) is 11.8 Å². The number of anilines is 2. The average Bonchev–Trinajstić information content (AvgIpc) is 2.68. The fraction of sp³-hybridized carbons (Fsp3) is 0.263. The Hall–Kier alpha value is -2.47. The zero-order chi connectivity index (χ0) is 17.6. The third-order valence-corrected chi connectivity index (χ3v) is 5.03. The molecule has 1 saturated heterocycles. The Bertz CT molecular complexity index is 743. The van der Waals surface area contributed by atoms with E-state index in [0.29, 0.717) is 18.8 Å². The van der Waals surface area contributed by atoms with Crippen molar-refractivity contribution in [2.75, 3.05) is 42.7 Å². The van der Waals surface area contributed by atoms with Crippen molar-refractivity contribution in [3.8, 4) is 0 Å². The van der Waals surface area contributed by atoms with Crippen LogP contribution in [0.3, 0.4) is 0 Å². The topological polar surface area (TPSA) is 52.7 Å². The Balaban J connectivity index is 1.58. The van der Waals surface area contributed by atoms with Crippen LogP contribution >= 0.6 is 11.8 Å². The SMILES string of the molecule is CSc1ccccc1NC(=O)C(=O)N1CCN(c2ccccc2)CC1. The van der Waals surface area contributed by atoms with Crippen molar-refractivity contribution in [1.29, 1.82) is 0 Å². The Morgan fingerprint density at radius 2 is 1.56 bits per heavy atom. The lowest BCUT2D eigenvalue weighted by Crippen LogP contribution is -2.51. The van der Waals surface area contributed by atoms with Gasteiger partial charge >= 0.3 is 11.8 Å². The zero-order valence-electron chi connectivity index (χ0n) is 14.1. The van der Waals surface area contributed by atoms with E-state index in [2.05, 4.69) is 22.3 Å². The van der Waals surface area contributed by atoms with Crippen LogP contribution in [-0.4, -0.2) is 49.1 Å². The number of nitrogens with one attached hydrogen (secondary N) is 1. The normalized spacial score (nSPS) is 14.3. The van der Waals surface area contributed by atoms with E-state index in [1.807, 2.05) is 48.7 Å². The Morgan fingerprint density at radius 1 is 0.920 bits per heavy atom. The summed E-state index contributed by atoms with van der Waals surface area (Å²) in [6, 6.07) is 17.6. The number of benzene rings is 2. The van der Waals surface area contributed by atoms with Crippen LogP contribution in [0.25, 0.3) is 0 Å². The Labute approximate surface area is 152 Å². The molecule has 1 fully saturated rings. The largest absolute Gasteiger partial charge is 0.368 e. The average molecular weight is 355 g/mol. The second kappa shape index (κ2) is 8.07. The van der Waals surface area contributed by atoms with Gasteiger partial charge in [-0.15, -0.1) is 11.8 Å². The van der Waals surface area contributed by atoms with Crippen molar-refractivity contribution in [2.45, 2.75) is 4.90 Å². The molecule has 1 heterocycles. The number of carbonyl (C=O) groups is 2. The van der Waals surface area contributed by atoms with Gasteiger partial charge in [-0.1, -0.05) is 30.3 Å². The summed E-state index contributed by atoms with van der Waals surface area (Å²) in [5.41, 5.74) is 1.82. The Kier molecular flexibility index (Phi) is 5.60. The number of piperazine rings is 1.